The van der Waals surface area contributed by atoms with Crippen LogP contribution >= 0.6 is 11.6 Å². The first-order chi connectivity index (χ1) is 15.5. The second kappa shape index (κ2) is 9.35. The number of aryl methyl sites for hydroxylation is 1. The molecule has 4 aromatic rings. The van der Waals surface area contributed by atoms with Crippen molar-refractivity contribution in [3.8, 4) is 28.7 Å². The summed E-state index contributed by atoms with van der Waals surface area (Å²) in [5.74, 6) is 0.807. The third-order valence-electron chi connectivity index (χ3n) is 4.59. The molecule has 0 aromatic carbocycles. The molecule has 0 atom stereocenters. The molecule has 10 heteroatoms. The second-order valence-corrected chi connectivity index (χ2v) is 7.67. The van der Waals surface area contributed by atoms with Gasteiger partial charge < -0.3 is 18.6 Å². The van der Waals surface area contributed by atoms with E-state index in [4.69, 9.17) is 25.6 Å². The number of pyridine rings is 2. The van der Waals surface area contributed by atoms with Gasteiger partial charge in [-0.05, 0) is 39.0 Å². The molecule has 0 fully saturated rings. The summed E-state index contributed by atoms with van der Waals surface area (Å²) in [7, 11) is 0. The van der Waals surface area contributed by atoms with Crippen LogP contribution in [0.3, 0.4) is 0 Å². The van der Waals surface area contributed by atoms with Crippen LogP contribution in [0, 0.1) is 0 Å². The molecule has 0 N–H and O–H groups in total. The van der Waals surface area contributed by atoms with E-state index in [9.17, 15) is 4.79 Å². The number of rotatable bonds is 8. The summed E-state index contributed by atoms with van der Waals surface area (Å²) in [5, 5.41) is 5.33. The number of hydrogen-bond donors (Lipinski definition) is 0. The molecule has 4 heterocycles. The Morgan fingerprint density at radius 3 is 2.88 bits per heavy atom. The van der Waals surface area contributed by atoms with E-state index < -0.39 is 0 Å². The lowest BCUT2D eigenvalue weighted by Crippen LogP contribution is -2.08. The van der Waals surface area contributed by atoms with Crippen LogP contribution in [0.25, 0.3) is 33.9 Å². The number of carbonyl (C=O) groups excluding carboxylic acids is 1. The minimum atomic E-state index is -0.245. The number of hydrogen-bond acceptors (Lipinski definition) is 8. The maximum atomic E-state index is 11.7. The van der Waals surface area contributed by atoms with Gasteiger partial charge in [0.15, 0.2) is 0 Å². The van der Waals surface area contributed by atoms with Gasteiger partial charge in [0.1, 0.15) is 10.7 Å². The van der Waals surface area contributed by atoms with Crippen molar-refractivity contribution in [3.63, 3.8) is 0 Å². The minimum absolute atomic E-state index is 0.0421. The van der Waals surface area contributed by atoms with Gasteiger partial charge in [-0.15, -0.1) is 0 Å². The third-order valence-corrected chi connectivity index (χ3v) is 4.86. The number of aromatic nitrogens is 5. The van der Waals surface area contributed by atoms with Crippen LogP contribution in [-0.4, -0.2) is 43.4 Å². The summed E-state index contributed by atoms with van der Waals surface area (Å²) in [6.07, 6.45) is 5.35. The normalized spacial score (nSPS) is 11.3. The quantitative estimate of drug-likeness (QED) is 0.356. The molecule has 0 saturated heterocycles. The van der Waals surface area contributed by atoms with Gasteiger partial charge in [-0.2, -0.15) is 4.98 Å². The fraction of sp³-hybridized carbons (Fsp3) is 0.318. The van der Waals surface area contributed by atoms with E-state index in [1.54, 1.807) is 25.4 Å². The average molecular weight is 456 g/mol. The largest absolute Gasteiger partial charge is 0.474 e. The maximum Gasteiger partial charge on any atom is 0.307 e. The van der Waals surface area contributed by atoms with Crippen LogP contribution in [0.4, 0.5) is 0 Å². The van der Waals surface area contributed by atoms with Crippen LogP contribution in [-0.2, 0) is 16.1 Å². The number of nitrogens with zero attached hydrogens (tertiary/aromatic N) is 5. The lowest BCUT2D eigenvalue weighted by molar-refractivity contribution is -0.143. The summed E-state index contributed by atoms with van der Waals surface area (Å²) in [4.78, 5) is 24.9. The summed E-state index contributed by atoms with van der Waals surface area (Å²) >= 11 is 6.28. The van der Waals surface area contributed by atoms with E-state index in [0.29, 0.717) is 35.4 Å². The van der Waals surface area contributed by atoms with E-state index in [1.165, 1.54) is 0 Å². The van der Waals surface area contributed by atoms with Crippen molar-refractivity contribution < 1.29 is 18.8 Å². The fourth-order valence-electron chi connectivity index (χ4n) is 3.21. The van der Waals surface area contributed by atoms with Gasteiger partial charge in [-0.1, -0.05) is 16.8 Å². The molecular formula is C22H22ClN5O4. The van der Waals surface area contributed by atoms with Crippen LogP contribution in [0.1, 0.15) is 27.2 Å². The van der Waals surface area contributed by atoms with Crippen LogP contribution < -0.4 is 4.74 Å². The van der Waals surface area contributed by atoms with E-state index in [-0.39, 0.29) is 24.4 Å². The monoisotopic (exact) mass is 455 g/mol. The highest BCUT2D eigenvalue weighted by atomic mass is 35.5. The number of fused-ring (bicyclic) bond motifs is 1. The SMILES string of the molecule is CCOC(=O)CCn1ccc2c(-c3noc(-c4cnc(OC(C)C)c(Cl)c4)n3)ccnc21. The van der Waals surface area contributed by atoms with Gasteiger partial charge in [0.05, 0.1) is 24.7 Å². The first kappa shape index (κ1) is 21.8. The zero-order chi connectivity index (χ0) is 22.7. The fourth-order valence-corrected chi connectivity index (χ4v) is 3.42. The van der Waals surface area contributed by atoms with Crippen molar-refractivity contribution in [2.24, 2.45) is 0 Å². The standard InChI is InChI=1S/C22H22ClN5O4/c1-4-30-18(29)7-10-28-9-6-16-15(5-8-24-20(16)28)19-26-21(32-27-19)14-11-17(23)22(25-12-14)31-13(2)3/h5-6,8-9,11-13H,4,7,10H2,1-3H3. The molecule has 0 aliphatic heterocycles. The van der Waals surface area contributed by atoms with Gasteiger partial charge in [-0.3, -0.25) is 4.79 Å². The average Bonchev–Trinajstić information content (AvgIpc) is 3.41. The summed E-state index contributed by atoms with van der Waals surface area (Å²) in [6, 6.07) is 5.41. The Balaban J connectivity index is 1.60. The number of carbonyl (C=O) groups is 1. The highest BCUT2D eigenvalue weighted by Crippen LogP contribution is 2.31. The Labute approximate surface area is 189 Å². The zero-order valence-electron chi connectivity index (χ0n) is 17.9. The van der Waals surface area contributed by atoms with E-state index in [1.807, 2.05) is 36.7 Å². The zero-order valence-corrected chi connectivity index (χ0v) is 18.7. The molecule has 4 rings (SSSR count). The van der Waals surface area contributed by atoms with Crippen molar-refractivity contribution >= 4 is 28.6 Å². The first-order valence-corrected chi connectivity index (χ1v) is 10.6. The van der Waals surface area contributed by atoms with Crippen LogP contribution in [0.5, 0.6) is 5.88 Å². The highest BCUT2D eigenvalue weighted by Gasteiger charge is 2.17. The van der Waals surface area contributed by atoms with Crippen molar-refractivity contribution in [1.82, 2.24) is 24.7 Å². The lowest BCUT2D eigenvalue weighted by Gasteiger charge is -2.09. The molecule has 0 unspecified atom stereocenters. The molecule has 0 bridgehead atoms. The summed E-state index contributed by atoms with van der Waals surface area (Å²) < 4.78 is 17.9. The topological polar surface area (TPSA) is 105 Å². The maximum absolute atomic E-state index is 11.7. The molecule has 166 valence electrons. The molecule has 32 heavy (non-hydrogen) atoms. The van der Waals surface area contributed by atoms with Gasteiger partial charge in [0, 0.05) is 36.1 Å². The van der Waals surface area contributed by atoms with Gasteiger partial charge in [0.25, 0.3) is 5.89 Å². The number of halogens is 1. The van der Waals surface area contributed by atoms with Crippen molar-refractivity contribution in [1.29, 1.82) is 0 Å². The lowest BCUT2D eigenvalue weighted by atomic mass is 10.2. The van der Waals surface area contributed by atoms with E-state index >= 15 is 0 Å². The Morgan fingerprint density at radius 1 is 1.28 bits per heavy atom. The van der Waals surface area contributed by atoms with Crippen LogP contribution in [0.2, 0.25) is 5.02 Å². The molecule has 0 amide bonds. The predicted octanol–water partition coefficient (Wildman–Crippen LogP) is 4.54. The van der Waals surface area contributed by atoms with Crippen LogP contribution in [0.15, 0.2) is 41.3 Å². The van der Waals surface area contributed by atoms with Gasteiger partial charge in [-0.25, -0.2) is 9.97 Å². The Hall–Kier alpha value is -3.46. The van der Waals surface area contributed by atoms with Gasteiger partial charge in [0.2, 0.25) is 11.7 Å². The van der Waals surface area contributed by atoms with Crippen molar-refractivity contribution in [2.75, 3.05) is 6.61 Å². The molecule has 4 aromatic heterocycles. The molecule has 0 spiro atoms. The summed E-state index contributed by atoms with van der Waals surface area (Å²) in [6.45, 7) is 6.41. The van der Waals surface area contributed by atoms with Crippen molar-refractivity contribution in [3.05, 3.63) is 41.8 Å². The Kier molecular flexibility index (Phi) is 6.36. The Morgan fingerprint density at radius 2 is 2.12 bits per heavy atom. The second-order valence-electron chi connectivity index (χ2n) is 7.26. The van der Waals surface area contributed by atoms with E-state index in [2.05, 4.69) is 20.1 Å². The Bertz CT molecular complexity index is 1250. The minimum Gasteiger partial charge on any atom is -0.474 e. The molecular weight excluding hydrogens is 434 g/mol. The molecule has 0 radical (unpaired) electrons. The smallest absolute Gasteiger partial charge is 0.307 e. The third kappa shape index (κ3) is 4.57. The molecule has 0 aliphatic carbocycles. The van der Waals surface area contributed by atoms with Crippen molar-refractivity contribution in [2.45, 2.75) is 39.8 Å². The predicted molar refractivity (Wildman–Crippen MR) is 118 cm³/mol. The molecule has 9 nitrogen and oxygen atoms in total. The summed E-state index contributed by atoms with van der Waals surface area (Å²) in [5.41, 5.74) is 2.07. The first-order valence-electron chi connectivity index (χ1n) is 10.2. The number of ether oxygens (including phenoxy) is 2. The molecule has 0 saturated carbocycles. The number of esters is 1. The van der Waals surface area contributed by atoms with E-state index in [0.717, 1.165) is 16.6 Å². The van der Waals surface area contributed by atoms with Gasteiger partial charge >= 0.3 is 5.97 Å². The molecule has 0 aliphatic rings. The highest BCUT2D eigenvalue weighted by molar-refractivity contribution is 6.32.